The number of H-pyrrole nitrogens is 1. The van der Waals surface area contributed by atoms with Crippen molar-refractivity contribution in [2.45, 2.75) is 0 Å². The lowest BCUT2D eigenvalue weighted by Gasteiger charge is -1.95. The van der Waals surface area contributed by atoms with Crippen molar-refractivity contribution in [1.82, 2.24) is 15.0 Å². The Kier molecular flexibility index (Phi) is 1.67. The number of carboxylic acid groups (broad SMARTS) is 1. The van der Waals surface area contributed by atoms with Gasteiger partial charge < -0.3 is 10.1 Å². The molecule has 0 bridgehead atoms. The van der Waals surface area contributed by atoms with Crippen molar-refractivity contribution in [1.29, 1.82) is 0 Å². The van der Waals surface area contributed by atoms with Crippen LogP contribution in [0.15, 0.2) is 30.6 Å². The molecule has 2 N–H and O–H groups in total. The molecule has 2 aromatic heterocycles. The van der Waals surface area contributed by atoms with E-state index in [1.807, 2.05) is 24.3 Å². The van der Waals surface area contributed by atoms with Crippen LogP contribution < -0.4 is 0 Å². The zero-order valence-corrected chi connectivity index (χ0v) is 8.14. The molecule has 3 aromatic rings. The summed E-state index contributed by atoms with van der Waals surface area (Å²) in [4.78, 5) is 21.9. The second kappa shape index (κ2) is 3.03. The molecule has 0 aliphatic rings. The third-order valence-corrected chi connectivity index (χ3v) is 2.50. The van der Waals surface area contributed by atoms with Crippen LogP contribution in [0.1, 0.15) is 10.5 Å². The molecule has 1 aromatic carbocycles. The van der Waals surface area contributed by atoms with Crippen LogP contribution in [0.2, 0.25) is 0 Å². The molecule has 0 amide bonds. The first kappa shape index (κ1) is 8.84. The van der Waals surface area contributed by atoms with Crippen LogP contribution in [0.3, 0.4) is 0 Å². The number of aromatic nitrogens is 3. The Balaban J connectivity index is 2.57. The van der Waals surface area contributed by atoms with Crippen LogP contribution in [-0.2, 0) is 0 Å². The van der Waals surface area contributed by atoms with Crippen molar-refractivity contribution >= 4 is 27.9 Å². The van der Waals surface area contributed by atoms with Gasteiger partial charge in [0.05, 0.1) is 5.39 Å². The molecule has 0 aliphatic carbocycles. The Morgan fingerprint density at radius 2 is 2.06 bits per heavy atom. The molecule has 0 atom stereocenters. The summed E-state index contributed by atoms with van der Waals surface area (Å²) in [6.45, 7) is 0. The minimum absolute atomic E-state index is 0.0300. The van der Waals surface area contributed by atoms with Crippen LogP contribution in [0, 0.1) is 0 Å². The summed E-state index contributed by atoms with van der Waals surface area (Å²) >= 11 is 0. The lowest BCUT2D eigenvalue weighted by molar-refractivity contribution is 0.0693. The Labute approximate surface area is 89.8 Å². The minimum atomic E-state index is -1.04. The lowest BCUT2D eigenvalue weighted by atomic mass is 10.1. The topological polar surface area (TPSA) is 78.9 Å². The van der Waals surface area contributed by atoms with Crippen LogP contribution in [0.25, 0.3) is 21.9 Å². The summed E-state index contributed by atoms with van der Waals surface area (Å²) in [5.41, 5.74) is 1.44. The third kappa shape index (κ3) is 1.08. The van der Waals surface area contributed by atoms with Crippen molar-refractivity contribution < 1.29 is 9.90 Å². The first-order chi connectivity index (χ1) is 7.77. The van der Waals surface area contributed by atoms with Crippen LogP contribution in [0.4, 0.5) is 0 Å². The number of nitrogens with one attached hydrogen (secondary N) is 1. The summed E-state index contributed by atoms with van der Waals surface area (Å²) < 4.78 is 0. The molecule has 5 nitrogen and oxygen atoms in total. The fourth-order valence-corrected chi connectivity index (χ4v) is 1.84. The number of aromatic amines is 1. The van der Waals surface area contributed by atoms with Gasteiger partial charge in [0.15, 0.2) is 5.69 Å². The highest BCUT2D eigenvalue weighted by molar-refractivity contribution is 6.13. The molecule has 0 unspecified atom stereocenters. The zero-order chi connectivity index (χ0) is 11.1. The predicted molar refractivity (Wildman–Crippen MR) is 58.4 cm³/mol. The molecule has 5 heteroatoms. The molecule has 78 valence electrons. The monoisotopic (exact) mass is 213 g/mol. The van der Waals surface area contributed by atoms with E-state index < -0.39 is 5.97 Å². The number of carboxylic acids is 1. The lowest BCUT2D eigenvalue weighted by Crippen LogP contribution is -2.01. The number of aromatic carboxylic acids is 1. The van der Waals surface area contributed by atoms with Gasteiger partial charge in [0.1, 0.15) is 12.0 Å². The molecular weight excluding hydrogens is 206 g/mol. The summed E-state index contributed by atoms with van der Waals surface area (Å²) in [5.74, 6) is -1.04. The maximum absolute atomic E-state index is 11.1. The molecule has 0 spiro atoms. The fourth-order valence-electron chi connectivity index (χ4n) is 1.84. The van der Waals surface area contributed by atoms with Crippen molar-refractivity contribution in [2.24, 2.45) is 0 Å². The van der Waals surface area contributed by atoms with Crippen LogP contribution >= 0.6 is 0 Å². The van der Waals surface area contributed by atoms with E-state index in [-0.39, 0.29) is 5.69 Å². The van der Waals surface area contributed by atoms with Gasteiger partial charge in [-0.1, -0.05) is 18.2 Å². The largest absolute Gasteiger partial charge is 0.476 e. The molecule has 0 radical (unpaired) electrons. The number of hydrogen-bond acceptors (Lipinski definition) is 3. The summed E-state index contributed by atoms with van der Waals surface area (Å²) in [6.07, 6.45) is 1.25. The van der Waals surface area contributed by atoms with Gasteiger partial charge in [0.25, 0.3) is 0 Å². The highest BCUT2D eigenvalue weighted by Gasteiger charge is 2.15. The molecule has 0 saturated carbocycles. The van der Waals surface area contributed by atoms with Gasteiger partial charge in [0.2, 0.25) is 0 Å². The van der Waals surface area contributed by atoms with Gasteiger partial charge in [-0.15, -0.1) is 0 Å². The number of rotatable bonds is 1. The van der Waals surface area contributed by atoms with E-state index >= 15 is 0 Å². The number of nitrogens with zero attached hydrogens (tertiary/aromatic N) is 2. The number of para-hydroxylation sites is 1. The van der Waals surface area contributed by atoms with Gasteiger partial charge in [-0.3, -0.25) is 0 Å². The Hall–Kier alpha value is -2.43. The van der Waals surface area contributed by atoms with E-state index in [9.17, 15) is 4.79 Å². The minimum Gasteiger partial charge on any atom is -0.476 e. The van der Waals surface area contributed by atoms with Gasteiger partial charge >= 0.3 is 5.97 Å². The number of hydrogen-bond donors (Lipinski definition) is 2. The maximum Gasteiger partial charge on any atom is 0.355 e. The SMILES string of the molecule is O=C(O)c1ncnc2[nH]c3ccccc3c12. The van der Waals surface area contributed by atoms with E-state index in [0.29, 0.717) is 11.0 Å². The molecule has 0 fully saturated rings. The smallest absolute Gasteiger partial charge is 0.355 e. The second-order valence-corrected chi connectivity index (χ2v) is 3.42. The Morgan fingerprint density at radius 3 is 2.88 bits per heavy atom. The number of carbonyl (C=O) groups is 1. The highest BCUT2D eigenvalue weighted by Crippen LogP contribution is 2.25. The van der Waals surface area contributed by atoms with Crippen molar-refractivity contribution in [2.75, 3.05) is 0 Å². The zero-order valence-electron chi connectivity index (χ0n) is 8.14. The molecule has 3 rings (SSSR count). The standard InChI is InChI=1S/C11H7N3O2/c15-11(16)9-8-6-3-1-2-4-7(6)14-10(8)13-5-12-9/h1-5H,(H,15,16)(H,12,13,14). The summed E-state index contributed by atoms with van der Waals surface area (Å²) in [6, 6.07) is 7.46. The molecular formula is C11H7N3O2. The van der Waals surface area contributed by atoms with E-state index in [2.05, 4.69) is 15.0 Å². The van der Waals surface area contributed by atoms with E-state index in [1.54, 1.807) is 0 Å². The highest BCUT2D eigenvalue weighted by atomic mass is 16.4. The van der Waals surface area contributed by atoms with Crippen LogP contribution in [-0.4, -0.2) is 26.0 Å². The maximum atomic E-state index is 11.1. The van der Waals surface area contributed by atoms with E-state index in [4.69, 9.17) is 5.11 Å². The van der Waals surface area contributed by atoms with Gasteiger partial charge in [-0.05, 0) is 6.07 Å². The number of fused-ring (bicyclic) bond motifs is 3. The first-order valence-corrected chi connectivity index (χ1v) is 4.72. The molecule has 0 aliphatic heterocycles. The Morgan fingerprint density at radius 1 is 1.25 bits per heavy atom. The molecule has 0 saturated heterocycles. The second-order valence-electron chi connectivity index (χ2n) is 3.42. The van der Waals surface area contributed by atoms with Crippen molar-refractivity contribution in [3.63, 3.8) is 0 Å². The van der Waals surface area contributed by atoms with E-state index in [1.165, 1.54) is 6.33 Å². The normalized spacial score (nSPS) is 11.0. The average Bonchev–Trinajstić information content (AvgIpc) is 2.66. The van der Waals surface area contributed by atoms with Gasteiger partial charge in [-0.25, -0.2) is 14.8 Å². The Bertz CT molecular complexity index is 703. The van der Waals surface area contributed by atoms with E-state index in [0.717, 1.165) is 10.9 Å². The average molecular weight is 213 g/mol. The van der Waals surface area contributed by atoms with Gasteiger partial charge in [0, 0.05) is 10.9 Å². The first-order valence-electron chi connectivity index (χ1n) is 4.72. The summed E-state index contributed by atoms with van der Waals surface area (Å²) in [5, 5.41) is 10.4. The van der Waals surface area contributed by atoms with Gasteiger partial charge in [-0.2, -0.15) is 0 Å². The van der Waals surface area contributed by atoms with Crippen LogP contribution in [0.5, 0.6) is 0 Å². The predicted octanol–water partition coefficient (Wildman–Crippen LogP) is 1.81. The molecule has 16 heavy (non-hydrogen) atoms. The summed E-state index contributed by atoms with van der Waals surface area (Å²) in [7, 11) is 0. The molecule has 2 heterocycles. The third-order valence-electron chi connectivity index (χ3n) is 2.50. The van der Waals surface area contributed by atoms with Crippen molar-refractivity contribution in [3.8, 4) is 0 Å². The fraction of sp³-hybridized carbons (Fsp3) is 0. The quantitative estimate of drug-likeness (QED) is 0.646. The number of benzene rings is 1. The van der Waals surface area contributed by atoms with Crippen molar-refractivity contribution in [3.05, 3.63) is 36.3 Å².